The van der Waals surface area contributed by atoms with Crippen molar-refractivity contribution in [3.63, 3.8) is 0 Å². The third-order valence-corrected chi connectivity index (χ3v) is 4.62. The van der Waals surface area contributed by atoms with E-state index in [-0.39, 0.29) is 12.8 Å². The van der Waals surface area contributed by atoms with Crippen LogP contribution < -0.4 is 14.8 Å². The molecule has 1 aliphatic heterocycles. The van der Waals surface area contributed by atoms with Crippen molar-refractivity contribution in [2.45, 2.75) is 12.6 Å². The minimum atomic E-state index is -0.187. The van der Waals surface area contributed by atoms with Crippen LogP contribution in [0, 0.1) is 0 Å². The number of nitrogens with zero attached hydrogens (tertiary/aromatic N) is 1. The molecule has 6 nitrogen and oxygen atoms in total. The maximum absolute atomic E-state index is 9.11. The summed E-state index contributed by atoms with van der Waals surface area (Å²) < 4.78 is 10.8. The van der Waals surface area contributed by atoms with E-state index in [0.29, 0.717) is 6.42 Å². The Labute approximate surface area is 151 Å². The summed E-state index contributed by atoms with van der Waals surface area (Å²) in [7, 11) is 3.27. The van der Waals surface area contributed by atoms with E-state index >= 15 is 0 Å². The van der Waals surface area contributed by atoms with Crippen molar-refractivity contribution in [1.82, 2.24) is 4.98 Å². The summed E-state index contributed by atoms with van der Waals surface area (Å²) in [5.74, 6) is 1.46. The van der Waals surface area contributed by atoms with E-state index < -0.39 is 0 Å². The largest absolute Gasteiger partial charge is 0.497 e. The van der Waals surface area contributed by atoms with Crippen molar-refractivity contribution in [1.29, 1.82) is 0 Å². The van der Waals surface area contributed by atoms with Gasteiger partial charge in [-0.15, -0.1) is 0 Å². The Hall–Kier alpha value is -2.99. The van der Waals surface area contributed by atoms with Crippen LogP contribution in [0.5, 0.6) is 11.5 Å². The molecular weight excluding hydrogens is 330 g/mol. The number of fused-ring (bicyclic) bond motifs is 2. The Balaban J connectivity index is 1.68. The van der Waals surface area contributed by atoms with Crippen LogP contribution in [0.3, 0.4) is 0 Å². The number of anilines is 1. The van der Waals surface area contributed by atoms with Crippen molar-refractivity contribution < 1.29 is 14.6 Å². The number of aliphatic imine (C=N–C) groups is 1. The van der Waals surface area contributed by atoms with Gasteiger partial charge in [-0.25, -0.2) is 0 Å². The topological polar surface area (TPSA) is 78.9 Å². The van der Waals surface area contributed by atoms with E-state index in [4.69, 9.17) is 14.6 Å². The van der Waals surface area contributed by atoms with Gasteiger partial charge >= 0.3 is 0 Å². The number of nitrogens with one attached hydrogen (secondary N) is 2. The molecule has 3 N–H and O–H groups in total. The number of rotatable bonds is 5. The Bertz CT molecular complexity index is 978. The fraction of sp³-hybridized carbons (Fsp3) is 0.250. The molecule has 3 aromatic rings. The first-order chi connectivity index (χ1) is 12.7. The van der Waals surface area contributed by atoms with E-state index in [1.54, 1.807) is 14.2 Å². The number of hydrogen-bond donors (Lipinski definition) is 3. The van der Waals surface area contributed by atoms with Crippen LogP contribution >= 0.6 is 0 Å². The van der Waals surface area contributed by atoms with Gasteiger partial charge in [-0.3, -0.25) is 4.99 Å². The van der Waals surface area contributed by atoms with Gasteiger partial charge in [0.15, 0.2) is 0 Å². The van der Waals surface area contributed by atoms with Crippen LogP contribution in [0.4, 0.5) is 5.69 Å². The number of aliphatic hydroxyl groups excluding tert-OH is 1. The van der Waals surface area contributed by atoms with Gasteiger partial charge in [0.05, 0.1) is 25.5 Å². The van der Waals surface area contributed by atoms with E-state index in [1.807, 2.05) is 18.3 Å². The fourth-order valence-corrected chi connectivity index (χ4v) is 3.27. The summed E-state index contributed by atoms with van der Waals surface area (Å²) in [6.07, 6.45) is 2.27. The van der Waals surface area contributed by atoms with Gasteiger partial charge in [-0.1, -0.05) is 12.1 Å². The summed E-state index contributed by atoms with van der Waals surface area (Å²) in [5.41, 5.74) is 4.96. The molecule has 1 aromatic heterocycles. The lowest BCUT2D eigenvalue weighted by Crippen LogP contribution is -2.15. The van der Waals surface area contributed by atoms with Crippen molar-refractivity contribution in [2.75, 3.05) is 26.1 Å². The third-order valence-electron chi connectivity index (χ3n) is 4.62. The number of aromatic amines is 1. The Morgan fingerprint density at radius 1 is 1.12 bits per heavy atom. The van der Waals surface area contributed by atoms with Crippen molar-refractivity contribution in [3.8, 4) is 11.5 Å². The van der Waals surface area contributed by atoms with E-state index in [9.17, 15) is 0 Å². The minimum absolute atomic E-state index is 0.134. The summed E-state index contributed by atoms with van der Waals surface area (Å²) >= 11 is 0. The average Bonchev–Trinajstić information content (AvgIpc) is 3.08. The van der Waals surface area contributed by atoms with E-state index in [1.165, 1.54) is 0 Å². The highest BCUT2D eigenvalue weighted by Crippen LogP contribution is 2.36. The van der Waals surface area contributed by atoms with Crippen LogP contribution in [0.25, 0.3) is 10.9 Å². The first-order valence-corrected chi connectivity index (χ1v) is 8.50. The number of hydrogen-bond acceptors (Lipinski definition) is 5. The molecule has 0 aliphatic carbocycles. The molecule has 6 heteroatoms. The van der Waals surface area contributed by atoms with Gasteiger partial charge in [0.25, 0.3) is 0 Å². The number of H-pyrrole nitrogens is 1. The fourth-order valence-electron chi connectivity index (χ4n) is 3.27. The van der Waals surface area contributed by atoms with Gasteiger partial charge in [-0.05, 0) is 23.1 Å². The lowest BCUT2D eigenvalue weighted by Gasteiger charge is -2.24. The van der Waals surface area contributed by atoms with Crippen molar-refractivity contribution >= 4 is 22.8 Å². The van der Waals surface area contributed by atoms with Crippen molar-refractivity contribution in [3.05, 3.63) is 53.2 Å². The molecule has 0 radical (unpaired) electrons. The van der Waals surface area contributed by atoms with E-state index in [0.717, 1.165) is 44.9 Å². The molecule has 0 bridgehead atoms. The zero-order valence-electron chi connectivity index (χ0n) is 14.7. The second-order valence-corrected chi connectivity index (χ2v) is 6.23. The lowest BCUT2D eigenvalue weighted by molar-refractivity contribution is 0.298. The smallest absolute Gasteiger partial charge is 0.144 e. The average molecular weight is 351 g/mol. The van der Waals surface area contributed by atoms with Crippen LogP contribution in [-0.2, 0) is 6.42 Å². The summed E-state index contributed by atoms with van der Waals surface area (Å²) in [5, 5.41) is 13.7. The zero-order valence-corrected chi connectivity index (χ0v) is 14.7. The van der Waals surface area contributed by atoms with Crippen LogP contribution in [-0.4, -0.2) is 37.1 Å². The molecule has 0 saturated heterocycles. The molecule has 1 unspecified atom stereocenters. The molecule has 0 amide bonds. The zero-order chi connectivity index (χ0) is 18.1. The molecular formula is C20H21N3O3. The first-order valence-electron chi connectivity index (χ1n) is 8.50. The molecule has 134 valence electrons. The monoisotopic (exact) mass is 351 g/mol. The lowest BCUT2D eigenvalue weighted by atomic mass is 10.1. The molecule has 1 atom stereocenters. The first kappa shape index (κ1) is 16.5. The molecule has 2 heterocycles. The summed E-state index contributed by atoms with van der Waals surface area (Å²) in [4.78, 5) is 8.00. The second kappa shape index (κ2) is 6.72. The Morgan fingerprint density at radius 3 is 2.77 bits per heavy atom. The maximum atomic E-state index is 9.11. The third kappa shape index (κ3) is 2.88. The predicted octanol–water partition coefficient (Wildman–Crippen LogP) is 3.26. The van der Waals surface area contributed by atoms with Crippen molar-refractivity contribution in [2.24, 2.45) is 4.99 Å². The molecule has 0 fully saturated rings. The van der Waals surface area contributed by atoms with Crippen LogP contribution in [0.15, 0.2) is 41.4 Å². The quantitative estimate of drug-likeness (QED) is 0.659. The van der Waals surface area contributed by atoms with Gasteiger partial charge in [0, 0.05) is 42.6 Å². The second-order valence-electron chi connectivity index (χ2n) is 6.23. The molecule has 4 rings (SSSR count). The Morgan fingerprint density at radius 2 is 2.00 bits per heavy atom. The predicted molar refractivity (Wildman–Crippen MR) is 103 cm³/mol. The highest BCUT2D eigenvalue weighted by Gasteiger charge is 2.20. The highest BCUT2D eigenvalue weighted by molar-refractivity contribution is 5.94. The number of aliphatic hydroxyl groups is 1. The van der Waals surface area contributed by atoms with Gasteiger partial charge in [-0.2, -0.15) is 0 Å². The number of benzene rings is 2. The molecule has 0 spiro atoms. The molecule has 1 aliphatic rings. The number of ether oxygens (including phenoxy) is 2. The standard InChI is InChI=1S/C20H21N3O3/c1-25-15-9-18-16(19(10-15)26-2)11-21-20(23-18)13-4-3-12-7-14(5-6-24)22-17(12)8-13/h3-4,7-11,20,22-24H,5-6H2,1-2H3. The summed E-state index contributed by atoms with van der Waals surface area (Å²) in [6.45, 7) is 0.134. The summed E-state index contributed by atoms with van der Waals surface area (Å²) in [6, 6.07) is 12.1. The van der Waals surface area contributed by atoms with E-state index in [2.05, 4.69) is 39.6 Å². The maximum Gasteiger partial charge on any atom is 0.144 e. The SMILES string of the molecule is COc1cc2c(c(OC)c1)C=NC(c1ccc3cc(CCO)[nH]c3c1)N2. The normalized spacial score (nSPS) is 15.6. The minimum Gasteiger partial charge on any atom is -0.497 e. The Kier molecular flexibility index (Phi) is 4.26. The van der Waals surface area contributed by atoms with Gasteiger partial charge in [0.1, 0.15) is 17.7 Å². The highest BCUT2D eigenvalue weighted by atomic mass is 16.5. The van der Waals surface area contributed by atoms with Gasteiger partial charge < -0.3 is 24.9 Å². The number of aromatic nitrogens is 1. The molecule has 0 saturated carbocycles. The molecule has 26 heavy (non-hydrogen) atoms. The van der Waals surface area contributed by atoms with Crippen LogP contribution in [0.2, 0.25) is 0 Å². The number of methoxy groups -OCH3 is 2. The molecule has 2 aromatic carbocycles. The van der Waals surface area contributed by atoms with Crippen LogP contribution in [0.1, 0.15) is 23.0 Å². The van der Waals surface area contributed by atoms with Gasteiger partial charge in [0.2, 0.25) is 0 Å².